The van der Waals surface area contributed by atoms with Gasteiger partial charge in [-0.05, 0) is 30.9 Å². The minimum atomic E-state index is -0.232. The smallest absolute Gasteiger partial charge is 0.217 e. The normalized spacial score (nSPS) is 18.6. The summed E-state index contributed by atoms with van der Waals surface area (Å²) in [7, 11) is 1.77. The van der Waals surface area contributed by atoms with Crippen LogP contribution in [0.2, 0.25) is 0 Å². The van der Waals surface area contributed by atoms with Gasteiger partial charge in [-0.3, -0.25) is 14.8 Å². The summed E-state index contributed by atoms with van der Waals surface area (Å²) in [6.07, 6.45) is 5.93. The SMILES string of the molecule is CN=C(NCCOc1cccnc1)N1CCCC(CC(N)=O)C1. The summed E-state index contributed by atoms with van der Waals surface area (Å²) in [5, 5.41) is 3.30. The lowest BCUT2D eigenvalue weighted by atomic mass is 9.95. The number of carbonyl (C=O) groups is 1. The van der Waals surface area contributed by atoms with Crippen LogP contribution in [-0.4, -0.2) is 55.0 Å². The first kappa shape index (κ1) is 17.1. The molecule has 0 spiro atoms. The van der Waals surface area contributed by atoms with E-state index in [0.29, 0.717) is 25.5 Å². The van der Waals surface area contributed by atoms with E-state index in [1.807, 2.05) is 12.1 Å². The number of guanidine groups is 1. The number of carbonyl (C=O) groups excluding carboxylic acids is 1. The summed E-state index contributed by atoms with van der Waals surface area (Å²) in [5.41, 5.74) is 5.31. The van der Waals surface area contributed by atoms with Crippen molar-refractivity contribution in [2.75, 3.05) is 33.3 Å². The summed E-state index contributed by atoms with van der Waals surface area (Å²) in [5.74, 6) is 1.67. The molecule has 1 aromatic rings. The van der Waals surface area contributed by atoms with Crippen LogP contribution in [0.25, 0.3) is 0 Å². The third-order valence-electron chi connectivity index (χ3n) is 3.81. The number of aromatic nitrogens is 1. The summed E-state index contributed by atoms with van der Waals surface area (Å²) in [6, 6.07) is 3.72. The molecular formula is C16H25N5O2. The molecule has 1 aliphatic heterocycles. The van der Waals surface area contributed by atoms with Gasteiger partial charge in [0.25, 0.3) is 0 Å². The van der Waals surface area contributed by atoms with Crippen LogP contribution in [0.4, 0.5) is 0 Å². The topological polar surface area (TPSA) is 92.8 Å². The maximum atomic E-state index is 11.1. The van der Waals surface area contributed by atoms with E-state index >= 15 is 0 Å². The third kappa shape index (κ3) is 5.77. The number of amides is 1. The minimum absolute atomic E-state index is 0.232. The largest absolute Gasteiger partial charge is 0.490 e. The molecule has 0 saturated carbocycles. The van der Waals surface area contributed by atoms with Gasteiger partial charge in [-0.2, -0.15) is 0 Å². The number of aliphatic imine (C=N–C) groups is 1. The first-order valence-electron chi connectivity index (χ1n) is 7.95. The first-order valence-corrected chi connectivity index (χ1v) is 7.95. The number of ether oxygens (including phenoxy) is 1. The summed E-state index contributed by atoms with van der Waals surface area (Å²) in [4.78, 5) is 21.6. The van der Waals surface area contributed by atoms with Gasteiger partial charge in [0.15, 0.2) is 5.96 Å². The molecule has 1 fully saturated rings. The molecule has 7 heteroatoms. The number of nitrogens with zero attached hydrogens (tertiary/aromatic N) is 3. The number of pyridine rings is 1. The second-order valence-corrected chi connectivity index (χ2v) is 5.64. The number of hydrogen-bond acceptors (Lipinski definition) is 4. The quantitative estimate of drug-likeness (QED) is 0.455. The highest BCUT2D eigenvalue weighted by Crippen LogP contribution is 2.19. The Morgan fingerprint density at radius 3 is 3.17 bits per heavy atom. The summed E-state index contributed by atoms with van der Waals surface area (Å²) in [6.45, 7) is 2.94. The lowest BCUT2D eigenvalue weighted by Gasteiger charge is -2.34. The van der Waals surface area contributed by atoms with Gasteiger partial charge in [0.1, 0.15) is 12.4 Å². The molecule has 23 heavy (non-hydrogen) atoms. The predicted octanol–water partition coefficient (Wildman–Crippen LogP) is 0.623. The zero-order chi connectivity index (χ0) is 16.5. The highest BCUT2D eigenvalue weighted by molar-refractivity contribution is 5.80. The van der Waals surface area contributed by atoms with Crippen molar-refractivity contribution in [2.45, 2.75) is 19.3 Å². The van der Waals surface area contributed by atoms with Gasteiger partial charge in [0.2, 0.25) is 5.91 Å². The maximum absolute atomic E-state index is 11.1. The van der Waals surface area contributed by atoms with Crippen LogP contribution in [-0.2, 0) is 4.79 Å². The van der Waals surface area contributed by atoms with Gasteiger partial charge in [-0.1, -0.05) is 0 Å². The molecular weight excluding hydrogens is 294 g/mol. The zero-order valence-corrected chi connectivity index (χ0v) is 13.6. The molecule has 0 radical (unpaired) electrons. The molecule has 126 valence electrons. The van der Waals surface area contributed by atoms with Crippen LogP contribution in [0.3, 0.4) is 0 Å². The molecule has 1 aromatic heterocycles. The average molecular weight is 319 g/mol. The van der Waals surface area contributed by atoms with Crippen molar-refractivity contribution in [3.05, 3.63) is 24.5 Å². The Labute approximate surface area is 136 Å². The highest BCUT2D eigenvalue weighted by atomic mass is 16.5. The molecule has 0 aromatic carbocycles. The highest BCUT2D eigenvalue weighted by Gasteiger charge is 2.23. The van der Waals surface area contributed by atoms with Crippen LogP contribution in [0.1, 0.15) is 19.3 Å². The summed E-state index contributed by atoms with van der Waals surface area (Å²) >= 11 is 0. The van der Waals surface area contributed by atoms with E-state index in [9.17, 15) is 4.79 Å². The summed E-state index contributed by atoms with van der Waals surface area (Å²) < 4.78 is 5.60. The Morgan fingerprint density at radius 2 is 2.48 bits per heavy atom. The van der Waals surface area contributed by atoms with Crippen molar-refractivity contribution >= 4 is 11.9 Å². The van der Waals surface area contributed by atoms with Crippen molar-refractivity contribution in [3.63, 3.8) is 0 Å². The number of nitrogens with one attached hydrogen (secondary N) is 1. The molecule has 0 bridgehead atoms. The van der Waals surface area contributed by atoms with Crippen molar-refractivity contribution in [1.82, 2.24) is 15.2 Å². The van der Waals surface area contributed by atoms with E-state index in [-0.39, 0.29) is 5.91 Å². The second-order valence-electron chi connectivity index (χ2n) is 5.64. The van der Waals surface area contributed by atoms with Gasteiger partial charge in [0.05, 0.1) is 12.7 Å². The second kappa shape index (κ2) is 8.97. The molecule has 7 nitrogen and oxygen atoms in total. The fraction of sp³-hybridized carbons (Fsp3) is 0.562. The van der Waals surface area contributed by atoms with Crippen molar-refractivity contribution in [1.29, 1.82) is 0 Å². The van der Waals surface area contributed by atoms with Crippen molar-refractivity contribution in [2.24, 2.45) is 16.6 Å². The monoisotopic (exact) mass is 319 g/mol. The van der Waals surface area contributed by atoms with Gasteiger partial charge < -0.3 is 20.7 Å². The molecule has 1 aliphatic rings. The Kier molecular flexibility index (Phi) is 6.65. The third-order valence-corrected chi connectivity index (χ3v) is 3.81. The van der Waals surface area contributed by atoms with Gasteiger partial charge in [-0.15, -0.1) is 0 Å². The van der Waals surface area contributed by atoms with E-state index in [1.54, 1.807) is 19.4 Å². The Morgan fingerprint density at radius 1 is 1.61 bits per heavy atom. The Balaban J connectivity index is 1.75. The molecule has 1 saturated heterocycles. The van der Waals surface area contributed by atoms with Crippen LogP contribution in [0, 0.1) is 5.92 Å². The standard InChI is InChI=1S/C16H25N5O2/c1-18-16(20-7-9-23-14-5-2-6-19-11-14)21-8-3-4-13(12-21)10-15(17)22/h2,5-6,11,13H,3-4,7-10,12H2,1H3,(H2,17,22)(H,18,20). The Hall–Kier alpha value is -2.31. The fourth-order valence-electron chi connectivity index (χ4n) is 2.81. The number of primary amides is 1. The average Bonchev–Trinajstić information content (AvgIpc) is 2.55. The van der Waals surface area contributed by atoms with E-state index in [0.717, 1.165) is 37.6 Å². The lowest BCUT2D eigenvalue weighted by Crippen LogP contribution is -2.48. The van der Waals surface area contributed by atoms with Gasteiger partial charge in [0, 0.05) is 32.8 Å². The zero-order valence-electron chi connectivity index (χ0n) is 13.6. The van der Waals surface area contributed by atoms with Crippen LogP contribution >= 0.6 is 0 Å². The minimum Gasteiger partial charge on any atom is -0.490 e. The van der Waals surface area contributed by atoms with E-state index in [2.05, 4.69) is 20.2 Å². The molecule has 1 atom stereocenters. The molecule has 2 rings (SSSR count). The Bertz CT molecular complexity index is 520. The number of piperidine rings is 1. The van der Waals surface area contributed by atoms with Crippen LogP contribution in [0.5, 0.6) is 5.75 Å². The van der Waals surface area contributed by atoms with E-state index in [4.69, 9.17) is 10.5 Å². The first-order chi connectivity index (χ1) is 11.2. The van der Waals surface area contributed by atoms with Gasteiger partial charge in [-0.25, -0.2) is 0 Å². The number of hydrogen-bond donors (Lipinski definition) is 2. The molecule has 1 amide bonds. The molecule has 0 aliphatic carbocycles. The van der Waals surface area contributed by atoms with Crippen LogP contribution in [0.15, 0.2) is 29.5 Å². The molecule has 2 heterocycles. The van der Waals surface area contributed by atoms with E-state index < -0.39 is 0 Å². The number of rotatable bonds is 6. The van der Waals surface area contributed by atoms with Crippen molar-refractivity contribution in [3.8, 4) is 5.75 Å². The predicted molar refractivity (Wildman–Crippen MR) is 89.2 cm³/mol. The van der Waals surface area contributed by atoms with Crippen molar-refractivity contribution < 1.29 is 9.53 Å². The maximum Gasteiger partial charge on any atom is 0.217 e. The van der Waals surface area contributed by atoms with Crippen LogP contribution < -0.4 is 15.8 Å². The number of likely N-dealkylation sites (tertiary alicyclic amines) is 1. The van der Waals surface area contributed by atoms with Gasteiger partial charge >= 0.3 is 0 Å². The molecule has 1 unspecified atom stereocenters. The van der Waals surface area contributed by atoms with E-state index in [1.165, 1.54) is 0 Å². The molecule has 3 N–H and O–H groups in total. The lowest BCUT2D eigenvalue weighted by molar-refractivity contribution is -0.119. The number of nitrogens with two attached hydrogens (primary N) is 1. The fourth-order valence-corrected chi connectivity index (χ4v) is 2.81.